The molecule has 1 heterocycles. The monoisotopic (exact) mass is 213 g/mol. The molecule has 1 rings (SSSR count). The minimum Gasteiger partial charge on any atom is -0.323 e. The Bertz CT molecular complexity index is 267. The largest absolute Gasteiger partial charge is 0.325 e. The summed E-state index contributed by atoms with van der Waals surface area (Å²) in [7, 11) is 1.85. The average Bonchev–Trinajstić information content (AvgIpc) is 2.42. The Kier molecular flexibility index (Phi) is 3.68. The van der Waals surface area contributed by atoms with Crippen LogP contribution in [0.25, 0.3) is 0 Å². The van der Waals surface area contributed by atoms with Crippen LogP contribution in [-0.2, 0) is 4.79 Å². The fourth-order valence-corrected chi connectivity index (χ4v) is 1.60. The van der Waals surface area contributed by atoms with Crippen LogP contribution in [0, 0.1) is 0 Å². The standard InChI is InChI=1S/C10H19N3O2/c1-4-10(2)8(14)13(9(15)12-10)7-5-6-11-3/h11H,4-7H2,1-3H3,(H,12,15). The summed E-state index contributed by atoms with van der Waals surface area (Å²) in [5, 5.41) is 5.71. The number of imide groups is 1. The van der Waals surface area contributed by atoms with Gasteiger partial charge in [0.2, 0.25) is 0 Å². The molecule has 0 aromatic rings. The molecule has 0 spiro atoms. The molecule has 3 amide bonds. The highest BCUT2D eigenvalue weighted by Crippen LogP contribution is 2.20. The van der Waals surface area contributed by atoms with E-state index in [0.29, 0.717) is 13.0 Å². The van der Waals surface area contributed by atoms with Crippen molar-refractivity contribution < 1.29 is 9.59 Å². The minimum absolute atomic E-state index is 0.105. The summed E-state index contributed by atoms with van der Waals surface area (Å²) in [6, 6.07) is -0.263. The van der Waals surface area contributed by atoms with Crippen molar-refractivity contribution >= 4 is 11.9 Å². The molecule has 0 radical (unpaired) electrons. The van der Waals surface area contributed by atoms with E-state index in [9.17, 15) is 9.59 Å². The van der Waals surface area contributed by atoms with Crippen LogP contribution >= 0.6 is 0 Å². The van der Waals surface area contributed by atoms with Crippen LogP contribution in [0.2, 0.25) is 0 Å². The van der Waals surface area contributed by atoms with Crippen LogP contribution in [0.4, 0.5) is 4.79 Å². The molecule has 86 valence electrons. The first-order valence-electron chi connectivity index (χ1n) is 5.34. The number of nitrogens with zero attached hydrogens (tertiary/aromatic N) is 1. The number of hydrogen-bond acceptors (Lipinski definition) is 3. The lowest BCUT2D eigenvalue weighted by molar-refractivity contribution is -0.130. The van der Waals surface area contributed by atoms with Crippen LogP contribution < -0.4 is 10.6 Å². The SMILES string of the molecule is CCC1(C)NC(=O)N(CCCNC)C1=O. The van der Waals surface area contributed by atoms with Gasteiger partial charge in [0.1, 0.15) is 5.54 Å². The van der Waals surface area contributed by atoms with E-state index in [1.807, 2.05) is 14.0 Å². The number of carbonyl (C=O) groups is 2. The molecule has 0 aromatic heterocycles. The fraction of sp³-hybridized carbons (Fsp3) is 0.800. The van der Waals surface area contributed by atoms with Crippen molar-refractivity contribution in [1.82, 2.24) is 15.5 Å². The lowest BCUT2D eigenvalue weighted by Crippen LogP contribution is -2.43. The van der Waals surface area contributed by atoms with Gasteiger partial charge in [0.05, 0.1) is 0 Å². The first-order chi connectivity index (χ1) is 7.05. The Morgan fingerprint density at radius 2 is 2.13 bits per heavy atom. The minimum atomic E-state index is -0.698. The molecule has 0 aliphatic carbocycles. The molecular formula is C10H19N3O2. The molecule has 1 aliphatic heterocycles. The normalized spacial score (nSPS) is 25.9. The zero-order valence-corrected chi connectivity index (χ0v) is 9.59. The van der Waals surface area contributed by atoms with E-state index in [1.54, 1.807) is 6.92 Å². The highest BCUT2D eigenvalue weighted by Gasteiger charge is 2.45. The second-order valence-electron chi connectivity index (χ2n) is 4.03. The molecule has 5 nitrogen and oxygen atoms in total. The quantitative estimate of drug-likeness (QED) is 0.510. The van der Waals surface area contributed by atoms with Gasteiger partial charge in [0, 0.05) is 6.54 Å². The molecule has 1 aliphatic rings. The molecule has 0 saturated carbocycles. The Morgan fingerprint density at radius 1 is 1.47 bits per heavy atom. The smallest absolute Gasteiger partial charge is 0.323 e. The molecule has 1 unspecified atom stereocenters. The number of nitrogens with one attached hydrogen (secondary N) is 2. The third-order valence-electron chi connectivity index (χ3n) is 2.86. The van der Waals surface area contributed by atoms with Crippen LogP contribution in [0.1, 0.15) is 26.7 Å². The van der Waals surface area contributed by atoms with Gasteiger partial charge in [0.15, 0.2) is 0 Å². The van der Waals surface area contributed by atoms with Crippen molar-refractivity contribution in [3.63, 3.8) is 0 Å². The van der Waals surface area contributed by atoms with E-state index in [4.69, 9.17) is 0 Å². The third-order valence-corrected chi connectivity index (χ3v) is 2.86. The van der Waals surface area contributed by atoms with Crippen molar-refractivity contribution in [2.24, 2.45) is 0 Å². The van der Waals surface area contributed by atoms with Gasteiger partial charge >= 0.3 is 6.03 Å². The summed E-state index contributed by atoms with van der Waals surface area (Å²) in [4.78, 5) is 24.7. The first kappa shape index (κ1) is 12.0. The predicted molar refractivity (Wildman–Crippen MR) is 57.5 cm³/mol. The molecule has 0 aromatic carbocycles. The summed E-state index contributed by atoms with van der Waals surface area (Å²) >= 11 is 0. The predicted octanol–water partition coefficient (Wildman–Crippen LogP) is 0.316. The summed E-state index contributed by atoms with van der Waals surface area (Å²) in [6.45, 7) is 4.96. The van der Waals surface area contributed by atoms with Crippen LogP contribution in [0.3, 0.4) is 0 Å². The maximum atomic E-state index is 11.9. The molecule has 15 heavy (non-hydrogen) atoms. The number of hydrogen-bond donors (Lipinski definition) is 2. The fourth-order valence-electron chi connectivity index (χ4n) is 1.60. The Morgan fingerprint density at radius 3 is 2.60 bits per heavy atom. The zero-order valence-electron chi connectivity index (χ0n) is 9.59. The van der Waals surface area contributed by atoms with E-state index >= 15 is 0 Å². The van der Waals surface area contributed by atoms with Gasteiger partial charge in [-0.3, -0.25) is 9.69 Å². The number of amides is 3. The highest BCUT2D eigenvalue weighted by atomic mass is 16.2. The number of rotatable bonds is 5. The van der Waals surface area contributed by atoms with Crippen molar-refractivity contribution in [2.45, 2.75) is 32.2 Å². The summed E-state index contributed by atoms with van der Waals surface area (Å²) < 4.78 is 0. The average molecular weight is 213 g/mol. The number of carbonyl (C=O) groups excluding carboxylic acids is 2. The summed E-state index contributed by atoms with van der Waals surface area (Å²) in [5.41, 5.74) is -0.698. The lowest BCUT2D eigenvalue weighted by atomic mass is 9.99. The molecule has 1 atom stereocenters. The molecule has 2 N–H and O–H groups in total. The van der Waals surface area contributed by atoms with Gasteiger partial charge in [-0.2, -0.15) is 0 Å². The van der Waals surface area contributed by atoms with Crippen molar-refractivity contribution in [3.05, 3.63) is 0 Å². The van der Waals surface area contributed by atoms with E-state index in [0.717, 1.165) is 13.0 Å². The topological polar surface area (TPSA) is 61.4 Å². The van der Waals surface area contributed by atoms with Gasteiger partial charge in [-0.1, -0.05) is 6.92 Å². The molecule has 0 bridgehead atoms. The molecule has 1 fully saturated rings. The zero-order chi connectivity index (χ0) is 11.5. The van der Waals surface area contributed by atoms with Crippen LogP contribution in [0.5, 0.6) is 0 Å². The summed E-state index contributed by atoms with van der Waals surface area (Å²) in [6.07, 6.45) is 1.41. The van der Waals surface area contributed by atoms with Gasteiger partial charge in [0.25, 0.3) is 5.91 Å². The van der Waals surface area contributed by atoms with Gasteiger partial charge in [-0.15, -0.1) is 0 Å². The lowest BCUT2D eigenvalue weighted by Gasteiger charge is -2.19. The van der Waals surface area contributed by atoms with Crippen molar-refractivity contribution in [1.29, 1.82) is 0 Å². The Labute approximate surface area is 90.2 Å². The number of urea groups is 1. The van der Waals surface area contributed by atoms with Crippen LogP contribution in [0.15, 0.2) is 0 Å². The first-order valence-corrected chi connectivity index (χ1v) is 5.34. The maximum absolute atomic E-state index is 11.9. The Hall–Kier alpha value is -1.10. The van der Waals surface area contributed by atoms with E-state index in [-0.39, 0.29) is 11.9 Å². The van der Waals surface area contributed by atoms with E-state index < -0.39 is 5.54 Å². The summed E-state index contributed by atoms with van der Waals surface area (Å²) in [5.74, 6) is -0.105. The molecule has 5 heteroatoms. The van der Waals surface area contributed by atoms with Crippen LogP contribution in [-0.4, -0.2) is 42.5 Å². The van der Waals surface area contributed by atoms with Crippen molar-refractivity contribution in [2.75, 3.05) is 20.1 Å². The van der Waals surface area contributed by atoms with Gasteiger partial charge < -0.3 is 10.6 Å². The Balaban J connectivity index is 2.59. The molecule has 1 saturated heterocycles. The van der Waals surface area contributed by atoms with Crippen molar-refractivity contribution in [3.8, 4) is 0 Å². The van der Waals surface area contributed by atoms with Gasteiger partial charge in [-0.25, -0.2) is 4.79 Å². The maximum Gasteiger partial charge on any atom is 0.325 e. The highest BCUT2D eigenvalue weighted by molar-refractivity contribution is 6.06. The second kappa shape index (κ2) is 4.61. The second-order valence-corrected chi connectivity index (χ2v) is 4.03. The van der Waals surface area contributed by atoms with Gasteiger partial charge in [-0.05, 0) is 33.4 Å². The third kappa shape index (κ3) is 2.28. The molecular weight excluding hydrogens is 194 g/mol. The van der Waals surface area contributed by atoms with E-state index in [2.05, 4.69) is 10.6 Å². The van der Waals surface area contributed by atoms with E-state index in [1.165, 1.54) is 4.90 Å².